The predicted octanol–water partition coefficient (Wildman–Crippen LogP) is -0.214. The van der Waals surface area contributed by atoms with Gasteiger partial charge in [-0.15, -0.1) is 0 Å². The molecule has 0 aromatic heterocycles. The predicted molar refractivity (Wildman–Crippen MR) is 51.8 cm³/mol. The van der Waals surface area contributed by atoms with Crippen LogP contribution in [0.1, 0.15) is 38.5 Å². The number of aliphatic hydroxyl groups excluding tert-OH is 3. The van der Waals surface area contributed by atoms with E-state index in [1.807, 2.05) is 0 Å². The first-order valence-corrected chi connectivity index (χ1v) is 5.28. The molecule has 1 saturated carbocycles. The molecule has 3 atom stereocenters. The van der Waals surface area contributed by atoms with E-state index in [2.05, 4.69) is 0 Å². The Morgan fingerprint density at radius 1 is 1.36 bits per heavy atom. The molecule has 0 amide bonds. The summed E-state index contributed by atoms with van der Waals surface area (Å²) in [5.74, 6) is 0. The van der Waals surface area contributed by atoms with Crippen LogP contribution in [0.2, 0.25) is 0 Å². The molecule has 1 aliphatic rings. The van der Waals surface area contributed by atoms with Crippen molar-refractivity contribution in [1.29, 1.82) is 0 Å². The van der Waals surface area contributed by atoms with Crippen LogP contribution in [0.15, 0.2) is 0 Å². The molecular formula is C10H20O4. The molecule has 14 heavy (non-hydrogen) atoms. The van der Waals surface area contributed by atoms with Gasteiger partial charge in [-0.05, 0) is 19.3 Å². The fraction of sp³-hybridized carbons (Fsp3) is 1.00. The van der Waals surface area contributed by atoms with E-state index in [9.17, 15) is 15.3 Å². The Morgan fingerprint density at radius 2 is 2.07 bits per heavy atom. The highest BCUT2D eigenvalue weighted by molar-refractivity contribution is 4.91. The first-order valence-electron chi connectivity index (χ1n) is 5.28. The zero-order valence-electron chi connectivity index (χ0n) is 8.39. The molecule has 1 rings (SSSR count). The molecule has 0 bridgehead atoms. The molecule has 1 fully saturated rings. The Labute approximate surface area is 84.2 Å². The number of aliphatic hydroxyl groups is 4. The zero-order valence-corrected chi connectivity index (χ0v) is 8.39. The summed E-state index contributed by atoms with van der Waals surface area (Å²) in [6, 6.07) is 0. The molecule has 4 heteroatoms. The Kier molecular flexibility index (Phi) is 4.31. The van der Waals surface area contributed by atoms with E-state index in [-0.39, 0.29) is 19.4 Å². The highest BCUT2D eigenvalue weighted by Gasteiger charge is 2.39. The molecule has 4 N–H and O–H groups in total. The lowest BCUT2D eigenvalue weighted by molar-refractivity contribution is -0.122. The average molecular weight is 204 g/mol. The van der Waals surface area contributed by atoms with Gasteiger partial charge in [0.05, 0.1) is 17.8 Å². The van der Waals surface area contributed by atoms with E-state index in [0.717, 1.165) is 12.8 Å². The van der Waals surface area contributed by atoms with Crippen LogP contribution in [0.5, 0.6) is 0 Å². The summed E-state index contributed by atoms with van der Waals surface area (Å²) in [6.07, 6.45) is 1.92. The lowest BCUT2D eigenvalue weighted by Crippen LogP contribution is -2.47. The minimum atomic E-state index is -1.15. The van der Waals surface area contributed by atoms with Gasteiger partial charge < -0.3 is 20.4 Å². The quantitative estimate of drug-likeness (QED) is 0.510. The second-order valence-electron chi connectivity index (χ2n) is 4.24. The van der Waals surface area contributed by atoms with Gasteiger partial charge in [0.2, 0.25) is 0 Å². The largest absolute Gasteiger partial charge is 0.396 e. The van der Waals surface area contributed by atoms with Gasteiger partial charge in [-0.1, -0.05) is 12.8 Å². The maximum atomic E-state index is 10.0. The van der Waals surface area contributed by atoms with E-state index in [4.69, 9.17) is 5.11 Å². The molecule has 3 unspecified atom stereocenters. The maximum Gasteiger partial charge on any atom is 0.0930 e. The first kappa shape index (κ1) is 11.9. The number of hydrogen-bond acceptors (Lipinski definition) is 4. The molecule has 84 valence electrons. The van der Waals surface area contributed by atoms with Crippen molar-refractivity contribution in [2.75, 3.05) is 6.61 Å². The average Bonchev–Trinajstić information content (AvgIpc) is 2.10. The van der Waals surface area contributed by atoms with Gasteiger partial charge in [-0.2, -0.15) is 0 Å². The van der Waals surface area contributed by atoms with Crippen LogP contribution in [0.25, 0.3) is 0 Å². The molecule has 0 heterocycles. The van der Waals surface area contributed by atoms with Crippen LogP contribution in [0, 0.1) is 0 Å². The van der Waals surface area contributed by atoms with Crippen LogP contribution < -0.4 is 0 Å². The zero-order chi connectivity index (χ0) is 10.6. The van der Waals surface area contributed by atoms with Crippen molar-refractivity contribution in [3.05, 3.63) is 0 Å². The minimum Gasteiger partial charge on any atom is -0.396 e. The van der Waals surface area contributed by atoms with E-state index in [1.165, 1.54) is 0 Å². The molecule has 0 spiro atoms. The van der Waals surface area contributed by atoms with Gasteiger partial charge in [0.15, 0.2) is 0 Å². The van der Waals surface area contributed by atoms with E-state index >= 15 is 0 Å². The molecule has 0 aromatic rings. The highest BCUT2D eigenvalue weighted by Crippen LogP contribution is 2.32. The van der Waals surface area contributed by atoms with Crippen molar-refractivity contribution in [2.24, 2.45) is 0 Å². The third kappa shape index (κ3) is 2.92. The Morgan fingerprint density at radius 3 is 2.64 bits per heavy atom. The Bertz CT molecular complexity index is 174. The van der Waals surface area contributed by atoms with E-state index in [0.29, 0.717) is 12.8 Å². The third-order valence-corrected chi connectivity index (χ3v) is 3.01. The van der Waals surface area contributed by atoms with E-state index < -0.39 is 17.8 Å². The van der Waals surface area contributed by atoms with Crippen LogP contribution in [-0.4, -0.2) is 44.8 Å². The smallest absolute Gasteiger partial charge is 0.0930 e. The van der Waals surface area contributed by atoms with Crippen molar-refractivity contribution >= 4 is 0 Å². The van der Waals surface area contributed by atoms with Crippen LogP contribution >= 0.6 is 0 Å². The highest BCUT2D eigenvalue weighted by atomic mass is 16.3. The van der Waals surface area contributed by atoms with Crippen LogP contribution in [-0.2, 0) is 0 Å². The summed E-state index contributed by atoms with van der Waals surface area (Å²) in [5.41, 5.74) is -1.15. The number of hydrogen-bond donors (Lipinski definition) is 4. The normalized spacial score (nSPS) is 35.6. The fourth-order valence-corrected chi connectivity index (χ4v) is 2.10. The lowest BCUT2D eigenvalue weighted by atomic mass is 9.78. The van der Waals surface area contributed by atoms with Gasteiger partial charge in [-0.3, -0.25) is 0 Å². The summed E-state index contributed by atoms with van der Waals surface area (Å²) in [4.78, 5) is 0. The molecule has 4 nitrogen and oxygen atoms in total. The van der Waals surface area contributed by atoms with Crippen molar-refractivity contribution in [3.63, 3.8) is 0 Å². The van der Waals surface area contributed by atoms with Crippen molar-refractivity contribution in [3.8, 4) is 0 Å². The summed E-state index contributed by atoms with van der Waals surface area (Å²) in [6.45, 7) is -0.0899. The topological polar surface area (TPSA) is 80.9 Å². The Balaban J connectivity index is 2.46. The third-order valence-electron chi connectivity index (χ3n) is 3.01. The summed E-state index contributed by atoms with van der Waals surface area (Å²) >= 11 is 0. The maximum absolute atomic E-state index is 10.0. The fourth-order valence-electron chi connectivity index (χ4n) is 2.10. The molecule has 1 aliphatic carbocycles. The van der Waals surface area contributed by atoms with Gasteiger partial charge in [0.1, 0.15) is 0 Å². The van der Waals surface area contributed by atoms with Crippen LogP contribution in [0.3, 0.4) is 0 Å². The molecule has 0 saturated heterocycles. The monoisotopic (exact) mass is 204 g/mol. The molecule has 0 aliphatic heterocycles. The number of rotatable bonds is 4. The second-order valence-corrected chi connectivity index (χ2v) is 4.24. The van der Waals surface area contributed by atoms with Crippen LogP contribution in [0.4, 0.5) is 0 Å². The van der Waals surface area contributed by atoms with Gasteiger partial charge in [0, 0.05) is 13.0 Å². The standard InChI is InChI=1S/C10H20O4/c11-6-4-8(12)7-10(14)5-2-1-3-9(10)13/h8-9,11-14H,1-7H2. The minimum absolute atomic E-state index is 0.0899. The summed E-state index contributed by atoms with van der Waals surface area (Å²) in [7, 11) is 0. The van der Waals surface area contributed by atoms with E-state index in [1.54, 1.807) is 0 Å². The molecule has 0 radical (unpaired) electrons. The SMILES string of the molecule is OCCC(O)CC1(O)CCCCC1O. The summed E-state index contributed by atoms with van der Waals surface area (Å²) < 4.78 is 0. The molecular weight excluding hydrogens is 184 g/mol. The van der Waals surface area contributed by atoms with Crippen molar-refractivity contribution in [2.45, 2.75) is 56.3 Å². The lowest BCUT2D eigenvalue weighted by Gasteiger charge is -2.38. The first-order chi connectivity index (χ1) is 6.58. The second kappa shape index (κ2) is 5.07. The Hall–Kier alpha value is -0.160. The van der Waals surface area contributed by atoms with Crippen molar-refractivity contribution < 1.29 is 20.4 Å². The van der Waals surface area contributed by atoms with Gasteiger partial charge in [-0.25, -0.2) is 0 Å². The van der Waals surface area contributed by atoms with Gasteiger partial charge >= 0.3 is 0 Å². The van der Waals surface area contributed by atoms with Crippen molar-refractivity contribution in [1.82, 2.24) is 0 Å². The summed E-state index contributed by atoms with van der Waals surface area (Å²) in [5, 5.41) is 37.7. The molecule has 0 aromatic carbocycles. The van der Waals surface area contributed by atoms with Gasteiger partial charge in [0.25, 0.3) is 0 Å².